The second-order valence-electron chi connectivity index (χ2n) is 7.99. The first-order valence-electron chi connectivity index (χ1n) is 11.1. The second kappa shape index (κ2) is 8.94. The fraction of sp³-hybridized carbons (Fsp3) is 0.185. The number of rotatable bonds is 6. The smallest absolute Gasteiger partial charge is 0.300 e. The summed E-state index contributed by atoms with van der Waals surface area (Å²) in [6.07, 6.45) is 0.877. The van der Waals surface area contributed by atoms with Crippen LogP contribution in [0.5, 0.6) is 17.2 Å². The number of ketones is 1. The molecule has 1 amide bonds. The topological polar surface area (TPSA) is 85.3 Å². The van der Waals surface area contributed by atoms with E-state index in [4.69, 9.17) is 14.2 Å². The van der Waals surface area contributed by atoms with E-state index in [1.165, 1.54) is 4.90 Å². The van der Waals surface area contributed by atoms with Crippen LogP contribution < -0.4 is 19.1 Å². The molecule has 1 saturated heterocycles. The van der Waals surface area contributed by atoms with Crippen molar-refractivity contribution in [3.05, 3.63) is 89.5 Å². The third-order valence-corrected chi connectivity index (χ3v) is 5.79. The highest BCUT2D eigenvalue weighted by molar-refractivity contribution is 6.51. The summed E-state index contributed by atoms with van der Waals surface area (Å²) in [4.78, 5) is 27.9. The molecule has 0 radical (unpaired) electrons. The van der Waals surface area contributed by atoms with Gasteiger partial charge < -0.3 is 19.3 Å². The Labute approximate surface area is 196 Å². The van der Waals surface area contributed by atoms with Crippen LogP contribution in [0.2, 0.25) is 0 Å². The lowest BCUT2D eigenvalue weighted by Gasteiger charge is -2.25. The number of aliphatic hydroxyl groups excluding tert-OH is 1. The molecule has 1 fully saturated rings. The van der Waals surface area contributed by atoms with E-state index in [-0.39, 0.29) is 18.1 Å². The predicted octanol–water partition coefficient (Wildman–Crippen LogP) is 4.83. The summed E-state index contributed by atoms with van der Waals surface area (Å²) in [5.41, 5.74) is 1.62. The van der Waals surface area contributed by atoms with Crippen molar-refractivity contribution < 1.29 is 28.9 Å². The minimum Gasteiger partial charge on any atom is -0.507 e. The van der Waals surface area contributed by atoms with Crippen LogP contribution >= 0.6 is 0 Å². The minimum absolute atomic E-state index is 0.0242. The molecular weight excluding hydrogens is 434 g/mol. The van der Waals surface area contributed by atoms with Crippen LogP contribution in [0.25, 0.3) is 5.76 Å². The summed E-state index contributed by atoms with van der Waals surface area (Å²) in [6, 6.07) is 20.2. The van der Waals surface area contributed by atoms with E-state index in [1.54, 1.807) is 42.5 Å². The van der Waals surface area contributed by atoms with Gasteiger partial charge in [0.2, 0.25) is 6.79 Å². The van der Waals surface area contributed by atoms with Crippen LogP contribution in [0.15, 0.2) is 78.4 Å². The van der Waals surface area contributed by atoms with Crippen molar-refractivity contribution in [2.24, 2.45) is 0 Å². The number of fused-ring (bicyclic) bond motifs is 1. The number of hydrogen-bond acceptors (Lipinski definition) is 6. The quantitative estimate of drug-likeness (QED) is 0.324. The highest BCUT2D eigenvalue weighted by Gasteiger charge is 2.47. The lowest BCUT2D eigenvalue weighted by atomic mass is 9.95. The van der Waals surface area contributed by atoms with Gasteiger partial charge in [0.15, 0.2) is 11.5 Å². The monoisotopic (exact) mass is 457 g/mol. The summed E-state index contributed by atoms with van der Waals surface area (Å²) < 4.78 is 16.4. The summed E-state index contributed by atoms with van der Waals surface area (Å²) in [7, 11) is 0. The highest BCUT2D eigenvalue weighted by Crippen LogP contribution is 2.44. The van der Waals surface area contributed by atoms with Gasteiger partial charge in [0.1, 0.15) is 11.5 Å². The third kappa shape index (κ3) is 3.75. The van der Waals surface area contributed by atoms with Gasteiger partial charge in [-0.2, -0.15) is 0 Å². The Hall–Kier alpha value is -4.26. The van der Waals surface area contributed by atoms with Crippen LogP contribution in [-0.4, -0.2) is 30.2 Å². The van der Waals surface area contributed by atoms with E-state index in [0.717, 1.165) is 6.42 Å². The standard InChI is InChI=1S/C27H23NO6/c1-2-14-32-20-11-8-18(9-12-20)25(29)23-24(17-6-4-3-5-7-17)28(27(31)26(23)30)19-10-13-21-22(15-19)34-16-33-21/h3-13,15,24,29H,2,14,16H2,1H3/b25-23+. The van der Waals surface area contributed by atoms with Gasteiger partial charge in [-0.3, -0.25) is 14.5 Å². The highest BCUT2D eigenvalue weighted by atomic mass is 16.7. The molecule has 0 aromatic heterocycles. The van der Waals surface area contributed by atoms with Crippen LogP contribution in [0, 0.1) is 0 Å². The number of amides is 1. The Morgan fingerprint density at radius 2 is 1.74 bits per heavy atom. The van der Waals surface area contributed by atoms with Gasteiger partial charge >= 0.3 is 0 Å². The van der Waals surface area contributed by atoms with E-state index >= 15 is 0 Å². The molecule has 7 nitrogen and oxygen atoms in total. The first kappa shape index (κ1) is 21.6. The molecule has 2 aliphatic rings. The Morgan fingerprint density at radius 1 is 1.00 bits per heavy atom. The number of Topliss-reactive ketones (excluding diaryl/α,β-unsaturated/α-hetero) is 1. The molecule has 0 saturated carbocycles. The Morgan fingerprint density at radius 3 is 2.47 bits per heavy atom. The molecule has 2 heterocycles. The first-order valence-corrected chi connectivity index (χ1v) is 11.1. The van der Waals surface area contributed by atoms with Gasteiger partial charge in [-0.15, -0.1) is 0 Å². The van der Waals surface area contributed by atoms with Gasteiger partial charge in [0.05, 0.1) is 18.2 Å². The number of benzene rings is 3. The van der Waals surface area contributed by atoms with Crippen LogP contribution in [0.3, 0.4) is 0 Å². The van der Waals surface area contributed by atoms with Crippen molar-refractivity contribution in [1.82, 2.24) is 0 Å². The van der Waals surface area contributed by atoms with Crippen molar-refractivity contribution >= 4 is 23.1 Å². The van der Waals surface area contributed by atoms with Gasteiger partial charge in [0, 0.05) is 17.3 Å². The molecule has 0 spiro atoms. The molecule has 34 heavy (non-hydrogen) atoms. The van der Waals surface area contributed by atoms with Gasteiger partial charge in [-0.1, -0.05) is 37.3 Å². The normalized spacial score (nSPS) is 18.4. The molecule has 1 unspecified atom stereocenters. The molecule has 5 rings (SSSR count). The van der Waals surface area contributed by atoms with Gasteiger partial charge in [-0.05, 0) is 48.4 Å². The number of hydrogen-bond donors (Lipinski definition) is 1. The zero-order chi connectivity index (χ0) is 23.7. The van der Waals surface area contributed by atoms with E-state index < -0.39 is 17.7 Å². The van der Waals surface area contributed by atoms with Crippen molar-refractivity contribution in [1.29, 1.82) is 0 Å². The van der Waals surface area contributed by atoms with Crippen LogP contribution in [-0.2, 0) is 9.59 Å². The molecule has 3 aromatic rings. The molecule has 172 valence electrons. The summed E-state index contributed by atoms with van der Waals surface area (Å²) in [6.45, 7) is 2.70. The maximum absolute atomic E-state index is 13.2. The molecule has 0 bridgehead atoms. The van der Waals surface area contributed by atoms with Crippen molar-refractivity contribution in [2.75, 3.05) is 18.3 Å². The molecule has 3 aromatic carbocycles. The number of nitrogens with zero attached hydrogens (tertiary/aromatic N) is 1. The number of aliphatic hydroxyl groups is 1. The molecule has 0 aliphatic carbocycles. The zero-order valence-corrected chi connectivity index (χ0v) is 18.6. The molecule has 1 N–H and O–H groups in total. The summed E-state index contributed by atoms with van der Waals surface area (Å²) in [5.74, 6) is 0.0136. The lowest BCUT2D eigenvalue weighted by Crippen LogP contribution is -2.29. The van der Waals surface area contributed by atoms with E-state index in [9.17, 15) is 14.7 Å². The van der Waals surface area contributed by atoms with Crippen LogP contribution in [0.4, 0.5) is 5.69 Å². The summed E-state index contributed by atoms with van der Waals surface area (Å²) in [5, 5.41) is 11.2. The number of carbonyl (C=O) groups excluding carboxylic acids is 2. The Kier molecular flexibility index (Phi) is 5.67. The first-order chi connectivity index (χ1) is 16.6. The maximum Gasteiger partial charge on any atom is 0.300 e. The van der Waals surface area contributed by atoms with Crippen LogP contribution in [0.1, 0.15) is 30.5 Å². The van der Waals surface area contributed by atoms with Crippen molar-refractivity contribution in [2.45, 2.75) is 19.4 Å². The minimum atomic E-state index is -0.808. The summed E-state index contributed by atoms with van der Waals surface area (Å²) >= 11 is 0. The average Bonchev–Trinajstić information content (AvgIpc) is 3.45. The zero-order valence-electron chi connectivity index (χ0n) is 18.6. The largest absolute Gasteiger partial charge is 0.507 e. The predicted molar refractivity (Wildman–Crippen MR) is 126 cm³/mol. The van der Waals surface area contributed by atoms with E-state index in [0.29, 0.717) is 40.7 Å². The Bertz CT molecular complexity index is 1270. The second-order valence-corrected chi connectivity index (χ2v) is 7.99. The van der Waals surface area contributed by atoms with Crippen molar-refractivity contribution in [3.63, 3.8) is 0 Å². The number of carbonyl (C=O) groups is 2. The van der Waals surface area contributed by atoms with Crippen molar-refractivity contribution in [3.8, 4) is 17.2 Å². The van der Waals surface area contributed by atoms with Gasteiger partial charge in [0.25, 0.3) is 11.7 Å². The van der Waals surface area contributed by atoms with E-state index in [1.807, 2.05) is 37.3 Å². The van der Waals surface area contributed by atoms with E-state index in [2.05, 4.69) is 0 Å². The maximum atomic E-state index is 13.2. The van der Waals surface area contributed by atoms with Gasteiger partial charge in [-0.25, -0.2) is 0 Å². The Balaban J connectivity index is 1.61. The number of anilines is 1. The number of ether oxygens (including phenoxy) is 3. The third-order valence-electron chi connectivity index (χ3n) is 5.79. The molecule has 7 heteroatoms. The fourth-order valence-electron chi connectivity index (χ4n) is 4.17. The average molecular weight is 457 g/mol. The fourth-order valence-corrected chi connectivity index (χ4v) is 4.17. The molecule has 1 atom stereocenters. The molecule has 2 aliphatic heterocycles. The molecular formula is C27H23NO6. The SMILES string of the molecule is CCCOc1ccc(/C(O)=C2\C(=O)C(=O)N(c3ccc4c(c3)OCO4)C2c2ccccc2)cc1. The lowest BCUT2D eigenvalue weighted by molar-refractivity contribution is -0.132.